The van der Waals surface area contributed by atoms with Crippen molar-refractivity contribution in [3.63, 3.8) is 0 Å². The van der Waals surface area contributed by atoms with Crippen molar-refractivity contribution in [3.8, 4) is 0 Å². The first-order chi connectivity index (χ1) is 4.72. The SMILES string of the molecule is CC1=NCCCC1C(=O)O. The van der Waals surface area contributed by atoms with Gasteiger partial charge in [-0.1, -0.05) is 0 Å². The van der Waals surface area contributed by atoms with Crippen LogP contribution in [0.25, 0.3) is 0 Å². The van der Waals surface area contributed by atoms with E-state index in [0.29, 0.717) is 0 Å². The highest BCUT2D eigenvalue weighted by Gasteiger charge is 2.22. The fourth-order valence-electron chi connectivity index (χ4n) is 1.17. The molecular formula is C7H11NO2. The lowest BCUT2D eigenvalue weighted by molar-refractivity contribution is -0.139. The Morgan fingerprint density at radius 3 is 2.90 bits per heavy atom. The standard InChI is InChI=1S/C7H11NO2/c1-5-6(7(9)10)3-2-4-8-5/h6H,2-4H2,1H3,(H,9,10). The van der Waals surface area contributed by atoms with Crippen molar-refractivity contribution in [2.75, 3.05) is 6.54 Å². The van der Waals surface area contributed by atoms with Gasteiger partial charge in [0.2, 0.25) is 0 Å². The number of carboxylic acids is 1. The molecule has 0 aromatic carbocycles. The molecule has 0 aromatic heterocycles. The summed E-state index contributed by atoms with van der Waals surface area (Å²) in [5.41, 5.74) is 0.777. The predicted molar refractivity (Wildman–Crippen MR) is 38.3 cm³/mol. The van der Waals surface area contributed by atoms with Crippen molar-refractivity contribution in [2.45, 2.75) is 19.8 Å². The molecule has 0 bridgehead atoms. The van der Waals surface area contributed by atoms with Crippen LogP contribution in [0.2, 0.25) is 0 Å². The van der Waals surface area contributed by atoms with Crippen LogP contribution in [0.15, 0.2) is 4.99 Å². The summed E-state index contributed by atoms with van der Waals surface area (Å²) in [6.07, 6.45) is 1.67. The van der Waals surface area contributed by atoms with E-state index in [9.17, 15) is 4.79 Å². The molecule has 10 heavy (non-hydrogen) atoms. The number of hydrogen-bond acceptors (Lipinski definition) is 2. The Balaban J connectivity index is 2.67. The number of carbonyl (C=O) groups is 1. The van der Waals surface area contributed by atoms with Gasteiger partial charge in [-0.2, -0.15) is 0 Å². The monoisotopic (exact) mass is 141 g/mol. The number of carboxylic acid groups (broad SMARTS) is 1. The number of hydrogen-bond donors (Lipinski definition) is 1. The van der Waals surface area contributed by atoms with E-state index in [1.54, 1.807) is 6.92 Å². The number of rotatable bonds is 1. The number of nitrogens with zero attached hydrogens (tertiary/aromatic N) is 1. The average Bonchev–Trinajstić information content (AvgIpc) is 1.88. The van der Waals surface area contributed by atoms with Crippen molar-refractivity contribution in [1.82, 2.24) is 0 Å². The lowest BCUT2D eigenvalue weighted by Gasteiger charge is -2.15. The summed E-state index contributed by atoms with van der Waals surface area (Å²) >= 11 is 0. The Labute approximate surface area is 59.8 Å². The van der Waals surface area contributed by atoms with E-state index in [0.717, 1.165) is 25.1 Å². The van der Waals surface area contributed by atoms with E-state index >= 15 is 0 Å². The van der Waals surface area contributed by atoms with E-state index < -0.39 is 5.97 Å². The molecule has 3 nitrogen and oxygen atoms in total. The fraction of sp³-hybridized carbons (Fsp3) is 0.714. The van der Waals surface area contributed by atoms with Gasteiger partial charge < -0.3 is 5.11 Å². The molecule has 0 saturated heterocycles. The van der Waals surface area contributed by atoms with Gasteiger partial charge in [0.15, 0.2) is 0 Å². The molecule has 1 rings (SSSR count). The Kier molecular flexibility index (Phi) is 2.04. The van der Waals surface area contributed by atoms with Crippen LogP contribution in [-0.2, 0) is 4.79 Å². The first kappa shape index (κ1) is 7.25. The highest BCUT2D eigenvalue weighted by Crippen LogP contribution is 2.14. The molecule has 0 radical (unpaired) electrons. The summed E-state index contributed by atoms with van der Waals surface area (Å²) in [6, 6.07) is 0. The normalized spacial score (nSPS) is 25.7. The predicted octanol–water partition coefficient (Wildman–Crippen LogP) is 0.942. The molecule has 1 heterocycles. The Morgan fingerprint density at radius 1 is 1.80 bits per heavy atom. The summed E-state index contributed by atoms with van der Waals surface area (Å²) < 4.78 is 0. The van der Waals surface area contributed by atoms with Gasteiger partial charge in [-0.3, -0.25) is 9.79 Å². The second-order valence-corrected chi connectivity index (χ2v) is 2.56. The molecule has 0 spiro atoms. The quantitative estimate of drug-likeness (QED) is 0.590. The zero-order chi connectivity index (χ0) is 7.56. The van der Waals surface area contributed by atoms with Gasteiger partial charge in [0.1, 0.15) is 0 Å². The van der Waals surface area contributed by atoms with Crippen LogP contribution in [0.1, 0.15) is 19.8 Å². The zero-order valence-electron chi connectivity index (χ0n) is 6.00. The summed E-state index contributed by atoms with van der Waals surface area (Å²) in [4.78, 5) is 14.6. The van der Waals surface area contributed by atoms with Crippen molar-refractivity contribution in [1.29, 1.82) is 0 Å². The van der Waals surface area contributed by atoms with Gasteiger partial charge in [-0.15, -0.1) is 0 Å². The maximum atomic E-state index is 10.5. The van der Waals surface area contributed by atoms with Crippen molar-refractivity contribution in [3.05, 3.63) is 0 Å². The lowest BCUT2D eigenvalue weighted by Crippen LogP contribution is -2.24. The minimum atomic E-state index is -0.735. The van der Waals surface area contributed by atoms with Gasteiger partial charge in [-0.25, -0.2) is 0 Å². The molecule has 3 heteroatoms. The molecule has 0 saturated carbocycles. The first-order valence-corrected chi connectivity index (χ1v) is 3.45. The second kappa shape index (κ2) is 2.82. The number of aliphatic imine (C=N–C) groups is 1. The molecule has 1 atom stereocenters. The van der Waals surface area contributed by atoms with E-state index in [2.05, 4.69) is 4.99 Å². The van der Waals surface area contributed by atoms with Crippen LogP contribution >= 0.6 is 0 Å². The third-order valence-corrected chi connectivity index (χ3v) is 1.81. The van der Waals surface area contributed by atoms with Crippen molar-refractivity contribution < 1.29 is 9.90 Å². The summed E-state index contributed by atoms with van der Waals surface area (Å²) in [5.74, 6) is -1.05. The molecular weight excluding hydrogens is 130 g/mol. The third-order valence-electron chi connectivity index (χ3n) is 1.81. The largest absolute Gasteiger partial charge is 0.481 e. The molecule has 0 amide bonds. The third kappa shape index (κ3) is 1.35. The minimum Gasteiger partial charge on any atom is -0.481 e. The zero-order valence-corrected chi connectivity index (χ0v) is 6.00. The molecule has 1 unspecified atom stereocenters. The average molecular weight is 141 g/mol. The van der Waals surface area contributed by atoms with Crippen LogP contribution in [0.5, 0.6) is 0 Å². The highest BCUT2D eigenvalue weighted by molar-refractivity contribution is 6.00. The van der Waals surface area contributed by atoms with Gasteiger partial charge in [0, 0.05) is 12.3 Å². The van der Waals surface area contributed by atoms with Crippen LogP contribution in [0.4, 0.5) is 0 Å². The Morgan fingerprint density at radius 2 is 2.50 bits per heavy atom. The number of aliphatic carboxylic acids is 1. The maximum absolute atomic E-state index is 10.5. The van der Waals surface area contributed by atoms with Crippen LogP contribution in [0, 0.1) is 5.92 Å². The van der Waals surface area contributed by atoms with Gasteiger partial charge in [-0.05, 0) is 19.8 Å². The topological polar surface area (TPSA) is 49.7 Å². The van der Waals surface area contributed by atoms with Crippen LogP contribution in [0.3, 0.4) is 0 Å². The Bertz CT molecular complexity index is 174. The van der Waals surface area contributed by atoms with E-state index in [1.165, 1.54) is 0 Å². The van der Waals surface area contributed by atoms with E-state index in [1.807, 2.05) is 0 Å². The molecule has 1 aliphatic rings. The maximum Gasteiger partial charge on any atom is 0.312 e. The van der Waals surface area contributed by atoms with Gasteiger partial charge >= 0.3 is 5.97 Å². The highest BCUT2D eigenvalue weighted by atomic mass is 16.4. The van der Waals surface area contributed by atoms with Gasteiger partial charge in [0.25, 0.3) is 0 Å². The second-order valence-electron chi connectivity index (χ2n) is 2.56. The lowest BCUT2D eigenvalue weighted by atomic mass is 9.96. The van der Waals surface area contributed by atoms with Crippen molar-refractivity contribution in [2.24, 2.45) is 10.9 Å². The first-order valence-electron chi connectivity index (χ1n) is 3.45. The molecule has 0 fully saturated rings. The van der Waals surface area contributed by atoms with E-state index in [-0.39, 0.29) is 5.92 Å². The molecule has 0 aliphatic carbocycles. The summed E-state index contributed by atoms with van der Waals surface area (Å²) in [5, 5.41) is 8.63. The molecule has 0 aromatic rings. The smallest absolute Gasteiger partial charge is 0.312 e. The Hall–Kier alpha value is -0.860. The summed E-state index contributed by atoms with van der Waals surface area (Å²) in [6.45, 7) is 2.59. The molecule has 56 valence electrons. The van der Waals surface area contributed by atoms with E-state index in [4.69, 9.17) is 5.11 Å². The van der Waals surface area contributed by atoms with Crippen LogP contribution < -0.4 is 0 Å². The van der Waals surface area contributed by atoms with Crippen molar-refractivity contribution >= 4 is 11.7 Å². The summed E-state index contributed by atoms with van der Waals surface area (Å²) in [7, 11) is 0. The van der Waals surface area contributed by atoms with Crippen LogP contribution in [-0.4, -0.2) is 23.3 Å². The molecule has 1 aliphatic heterocycles. The molecule has 1 N–H and O–H groups in total. The minimum absolute atomic E-state index is 0.311. The fourth-order valence-corrected chi connectivity index (χ4v) is 1.17. The van der Waals surface area contributed by atoms with Gasteiger partial charge in [0.05, 0.1) is 5.92 Å².